The van der Waals surface area contributed by atoms with Crippen LogP contribution in [0.2, 0.25) is 0 Å². The smallest absolute Gasteiger partial charge is 0.220 e. The van der Waals surface area contributed by atoms with E-state index >= 15 is 0 Å². The minimum atomic E-state index is -0.118. The predicted octanol–water partition coefficient (Wildman–Crippen LogP) is 0.861. The molecule has 2 amide bonds. The summed E-state index contributed by atoms with van der Waals surface area (Å²) < 4.78 is 0. The number of benzene rings is 1. The Morgan fingerprint density at radius 1 is 1.40 bits per heavy atom. The monoisotopic (exact) mass is 275 g/mol. The fourth-order valence-corrected chi connectivity index (χ4v) is 2.31. The molecule has 1 heterocycles. The average molecular weight is 275 g/mol. The second-order valence-corrected chi connectivity index (χ2v) is 5.16. The maximum Gasteiger partial charge on any atom is 0.220 e. The van der Waals surface area contributed by atoms with Crippen LogP contribution in [-0.2, 0) is 9.59 Å². The number of hydrogen-bond acceptors (Lipinski definition) is 3. The Morgan fingerprint density at radius 3 is 2.80 bits per heavy atom. The molecule has 1 aromatic rings. The van der Waals surface area contributed by atoms with Crippen molar-refractivity contribution in [2.24, 2.45) is 5.73 Å². The van der Waals surface area contributed by atoms with Crippen molar-refractivity contribution in [1.29, 1.82) is 0 Å². The molecule has 1 fully saturated rings. The van der Waals surface area contributed by atoms with E-state index in [0.717, 1.165) is 5.56 Å². The van der Waals surface area contributed by atoms with Crippen LogP contribution in [0.15, 0.2) is 30.3 Å². The summed E-state index contributed by atoms with van der Waals surface area (Å²) in [6, 6.07) is 9.71. The highest BCUT2D eigenvalue weighted by atomic mass is 16.2. The van der Waals surface area contributed by atoms with Gasteiger partial charge in [0.1, 0.15) is 0 Å². The van der Waals surface area contributed by atoms with Gasteiger partial charge in [0.25, 0.3) is 0 Å². The van der Waals surface area contributed by atoms with Gasteiger partial charge < -0.3 is 16.4 Å². The molecule has 2 atom stereocenters. The van der Waals surface area contributed by atoms with Crippen molar-refractivity contribution < 1.29 is 9.59 Å². The third kappa shape index (κ3) is 4.35. The Balaban J connectivity index is 1.71. The second kappa shape index (κ2) is 7.05. The van der Waals surface area contributed by atoms with Crippen molar-refractivity contribution in [2.75, 3.05) is 6.54 Å². The highest BCUT2D eigenvalue weighted by Gasteiger charge is 2.19. The molecule has 2 rings (SSSR count). The number of piperidine rings is 1. The number of amides is 2. The molecule has 0 saturated carbocycles. The summed E-state index contributed by atoms with van der Waals surface area (Å²) in [7, 11) is 0. The number of nitrogens with two attached hydrogens (primary N) is 1. The molecule has 0 aliphatic carbocycles. The van der Waals surface area contributed by atoms with Crippen LogP contribution in [0.3, 0.4) is 0 Å². The first-order chi connectivity index (χ1) is 9.65. The fraction of sp³-hybridized carbons (Fsp3) is 0.467. The molecule has 1 aromatic carbocycles. The van der Waals surface area contributed by atoms with Gasteiger partial charge in [-0.05, 0) is 18.4 Å². The third-order valence-electron chi connectivity index (χ3n) is 3.54. The summed E-state index contributed by atoms with van der Waals surface area (Å²) in [5.41, 5.74) is 7.10. The van der Waals surface area contributed by atoms with Crippen molar-refractivity contribution in [3.8, 4) is 0 Å². The minimum Gasteiger partial charge on any atom is -0.354 e. The first-order valence-corrected chi connectivity index (χ1v) is 7.02. The molecule has 5 nitrogen and oxygen atoms in total. The molecule has 108 valence electrons. The Morgan fingerprint density at radius 2 is 2.15 bits per heavy atom. The average Bonchev–Trinajstić information content (AvgIpc) is 2.48. The van der Waals surface area contributed by atoms with Crippen molar-refractivity contribution in [3.63, 3.8) is 0 Å². The highest BCUT2D eigenvalue weighted by Crippen LogP contribution is 2.15. The summed E-state index contributed by atoms with van der Waals surface area (Å²) >= 11 is 0. The van der Waals surface area contributed by atoms with Crippen LogP contribution < -0.4 is 16.4 Å². The summed E-state index contributed by atoms with van der Waals surface area (Å²) in [6.07, 6.45) is 2.21. The van der Waals surface area contributed by atoms with Gasteiger partial charge in [0.05, 0.1) is 0 Å². The second-order valence-electron chi connectivity index (χ2n) is 5.16. The standard InChI is InChI=1S/C15H21N3O2/c16-13(11-4-2-1-3-5-11)7-9-15(20)18-12-6-8-14(19)17-10-12/h1-5,12-13H,6-10,16H2,(H,17,19)(H,18,20). The van der Waals surface area contributed by atoms with E-state index in [2.05, 4.69) is 10.6 Å². The molecule has 0 bridgehead atoms. The zero-order valence-electron chi connectivity index (χ0n) is 11.5. The molecule has 1 aliphatic rings. The Kier molecular flexibility index (Phi) is 5.12. The van der Waals surface area contributed by atoms with Gasteiger partial charge in [-0.2, -0.15) is 0 Å². The van der Waals surface area contributed by atoms with Crippen molar-refractivity contribution in [1.82, 2.24) is 10.6 Å². The Labute approximate surface area is 118 Å². The maximum atomic E-state index is 11.8. The van der Waals surface area contributed by atoms with E-state index in [1.807, 2.05) is 30.3 Å². The lowest BCUT2D eigenvalue weighted by Crippen LogP contribution is -2.47. The van der Waals surface area contributed by atoms with Crippen LogP contribution in [0.5, 0.6) is 0 Å². The van der Waals surface area contributed by atoms with Crippen molar-refractivity contribution in [2.45, 2.75) is 37.8 Å². The van der Waals surface area contributed by atoms with E-state index in [1.54, 1.807) is 0 Å². The van der Waals surface area contributed by atoms with Crippen LogP contribution >= 0.6 is 0 Å². The zero-order chi connectivity index (χ0) is 14.4. The Hall–Kier alpha value is -1.88. The number of carbonyl (C=O) groups excluding carboxylic acids is 2. The van der Waals surface area contributed by atoms with E-state index in [4.69, 9.17) is 5.73 Å². The summed E-state index contributed by atoms with van der Waals surface area (Å²) in [5, 5.41) is 5.69. The molecule has 4 N–H and O–H groups in total. The molecular weight excluding hydrogens is 254 g/mol. The first-order valence-electron chi connectivity index (χ1n) is 7.02. The SMILES string of the molecule is NC(CCC(=O)NC1CCC(=O)NC1)c1ccccc1. The normalized spacial score (nSPS) is 20.1. The van der Waals surface area contributed by atoms with Gasteiger partial charge in [-0.15, -0.1) is 0 Å². The fourth-order valence-electron chi connectivity index (χ4n) is 2.31. The maximum absolute atomic E-state index is 11.8. The summed E-state index contributed by atoms with van der Waals surface area (Å²) in [4.78, 5) is 22.9. The van der Waals surface area contributed by atoms with E-state index in [0.29, 0.717) is 32.2 Å². The third-order valence-corrected chi connectivity index (χ3v) is 3.54. The predicted molar refractivity (Wildman–Crippen MR) is 76.8 cm³/mol. The van der Waals surface area contributed by atoms with Crippen LogP contribution in [0.1, 0.15) is 37.3 Å². The van der Waals surface area contributed by atoms with Gasteiger partial charge in [0.15, 0.2) is 0 Å². The lowest BCUT2D eigenvalue weighted by Gasteiger charge is -2.23. The van der Waals surface area contributed by atoms with Crippen LogP contribution in [-0.4, -0.2) is 24.4 Å². The van der Waals surface area contributed by atoms with E-state index in [1.165, 1.54) is 0 Å². The van der Waals surface area contributed by atoms with Crippen LogP contribution in [0, 0.1) is 0 Å². The number of carbonyl (C=O) groups is 2. The van der Waals surface area contributed by atoms with Gasteiger partial charge in [-0.3, -0.25) is 9.59 Å². The number of hydrogen-bond donors (Lipinski definition) is 3. The molecular formula is C15H21N3O2. The van der Waals surface area contributed by atoms with Gasteiger partial charge in [-0.1, -0.05) is 30.3 Å². The molecule has 1 aliphatic heterocycles. The zero-order valence-corrected chi connectivity index (χ0v) is 11.5. The highest BCUT2D eigenvalue weighted by molar-refractivity contribution is 5.79. The lowest BCUT2D eigenvalue weighted by molar-refractivity contribution is -0.125. The van der Waals surface area contributed by atoms with E-state index < -0.39 is 0 Å². The van der Waals surface area contributed by atoms with Crippen LogP contribution in [0.25, 0.3) is 0 Å². The van der Waals surface area contributed by atoms with E-state index in [9.17, 15) is 9.59 Å². The summed E-state index contributed by atoms with van der Waals surface area (Å²) in [5.74, 6) is 0.0547. The first kappa shape index (κ1) is 14.5. The van der Waals surface area contributed by atoms with Crippen LogP contribution in [0.4, 0.5) is 0 Å². The van der Waals surface area contributed by atoms with Gasteiger partial charge in [0, 0.05) is 31.5 Å². The van der Waals surface area contributed by atoms with Gasteiger partial charge in [0.2, 0.25) is 11.8 Å². The quantitative estimate of drug-likeness (QED) is 0.745. The Bertz CT molecular complexity index is 451. The number of rotatable bonds is 5. The molecule has 0 radical (unpaired) electrons. The molecule has 0 aromatic heterocycles. The van der Waals surface area contributed by atoms with E-state index in [-0.39, 0.29) is 23.9 Å². The largest absolute Gasteiger partial charge is 0.354 e. The van der Waals surface area contributed by atoms with Gasteiger partial charge in [-0.25, -0.2) is 0 Å². The number of nitrogens with one attached hydrogen (secondary N) is 2. The minimum absolute atomic E-state index is 0.00229. The van der Waals surface area contributed by atoms with Crippen molar-refractivity contribution in [3.05, 3.63) is 35.9 Å². The molecule has 2 unspecified atom stereocenters. The molecule has 5 heteroatoms. The molecule has 20 heavy (non-hydrogen) atoms. The van der Waals surface area contributed by atoms with Gasteiger partial charge >= 0.3 is 0 Å². The lowest BCUT2D eigenvalue weighted by atomic mass is 10.0. The topological polar surface area (TPSA) is 84.2 Å². The summed E-state index contributed by atoms with van der Waals surface area (Å²) in [6.45, 7) is 0.523. The van der Waals surface area contributed by atoms with Crippen molar-refractivity contribution >= 4 is 11.8 Å². The molecule has 0 spiro atoms. The molecule has 1 saturated heterocycles.